The van der Waals surface area contributed by atoms with Crippen LogP contribution in [0.4, 0.5) is 0 Å². The lowest BCUT2D eigenvalue weighted by molar-refractivity contribution is 0.104. The van der Waals surface area contributed by atoms with Gasteiger partial charge in [0.1, 0.15) is 17.4 Å². The Balaban J connectivity index is 2.34. The van der Waals surface area contributed by atoms with E-state index in [4.69, 9.17) is 16.9 Å². The molecule has 6 heteroatoms. The molecule has 0 N–H and O–H groups in total. The molecular weight excluding hydrogens is 326 g/mol. The number of carbonyl (C=O) groups excluding carboxylic acids is 1. The smallest absolute Gasteiger partial charge is 0.225 e. The number of halogens is 1. The van der Waals surface area contributed by atoms with Crippen molar-refractivity contribution in [2.75, 3.05) is 5.75 Å². The van der Waals surface area contributed by atoms with E-state index >= 15 is 0 Å². The maximum Gasteiger partial charge on any atom is 0.225 e. The van der Waals surface area contributed by atoms with Gasteiger partial charge < -0.3 is 4.55 Å². The Morgan fingerprint density at radius 3 is 2.67 bits per heavy atom. The first-order valence-corrected chi connectivity index (χ1v) is 8.80. The molecule has 21 heavy (non-hydrogen) atoms. The molecule has 0 saturated heterocycles. The molecule has 108 valence electrons. The Hall–Kier alpha value is -1.32. The third kappa shape index (κ3) is 3.66. The van der Waals surface area contributed by atoms with Gasteiger partial charge in [0, 0.05) is 10.6 Å². The van der Waals surface area contributed by atoms with Crippen molar-refractivity contribution in [3.63, 3.8) is 0 Å². The van der Waals surface area contributed by atoms with Crippen LogP contribution in [0, 0.1) is 11.3 Å². The molecule has 2 rings (SSSR count). The molecule has 0 aliphatic carbocycles. The summed E-state index contributed by atoms with van der Waals surface area (Å²) in [6, 6.07) is 10.1. The minimum atomic E-state index is -1.23. The summed E-state index contributed by atoms with van der Waals surface area (Å²) < 4.78 is 12.6. The predicted molar refractivity (Wildman–Crippen MR) is 85.5 cm³/mol. The van der Waals surface area contributed by atoms with Crippen molar-refractivity contribution >= 4 is 39.9 Å². The van der Waals surface area contributed by atoms with Gasteiger partial charge in [-0.2, -0.15) is 5.26 Å². The van der Waals surface area contributed by atoms with Gasteiger partial charge in [-0.15, -0.1) is 0 Å². The Labute approximate surface area is 135 Å². The summed E-state index contributed by atoms with van der Waals surface area (Å²) in [5.74, 6) is 0.303. The van der Waals surface area contributed by atoms with Gasteiger partial charge in [-0.05, 0) is 47.9 Å². The maximum atomic E-state index is 12.4. The summed E-state index contributed by atoms with van der Waals surface area (Å²) in [6.45, 7) is 1.93. The van der Waals surface area contributed by atoms with Crippen molar-refractivity contribution in [2.24, 2.45) is 0 Å². The van der Waals surface area contributed by atoms with Gasteiger partial charge in [-0.25, -0.2) is 0 Å². The molecule has 1 aromatic heterocycles. The van der Waals surface area contributed by atoms with E-state index in [2.05, 4.69) is 0 Å². The molecule has 0 aliphatic rings. The molecule has 1 aromatic carbocycles. The minimum Gasteiger partial charge on any atom is -0.611 e. The molecule has 2 aromatic rings. The summed E-state index contributed by atoms with van der Waals surface area (Å²) in [6.07, 6.45) is 0.760. The van der Waals surface area contributed by atoms with Gasteiger partial charge in [-0.3, -0.25) is 4.79 Å². The number of carbonyl (C=O) groups is 1. The largest absolute Gasteiger partial charge is 0.611 e. The molecule has 0 saturated carbocycles. The molecule has 0 bridgehead atoms. The quantitative estimate of drug-likeness (QED) is 0.611. The first-order chi connectivity index (χ1) is 10.1. The minimum absolute atomic E-state index is 0.187. The fraction of sp³-hybridized carbons (Fsp3) is 0.200. The molecule has 0 fully saturated rings. The molecule has 0 aliphatic heterocycles. The number of hydrogen-bond acceptors (Lipinski definition) is 4. The van der Waals surface area contributed by atoms with Crippen molar-refractivity contribution in [3.05, 3.63) is 51.4 Å². The van der Waals surface area contributed by atoms with E-state index in [0.29, 0.717) is 31.0 Å². The predicted octanol–water partition coefficient (Wildman–Crippen LogP) is 4.02. The van der Waals surface area contributed by atoms with Crippen LogP contribution >= 0.6 is 22.9 Å². The van der Waals surface area contributed by atoms with Gasteiger partial charge in [-0.1, -0.05) is 29.9 Å². The number of benzene rings is 1. The second-order valence-electron chi connectivity index (χ2n) is 4.31. The van der Waals surface area contributed by atoms with Crippen molar-refractivity contribution in [1.82, 2.24) is 0 Å². The maximum absolute atomic E-state index is 12.4. The lowest BCUT2D eigenvalue weighted by Gasteiger charge is -2.06. The van der Waals surface area contributed by atoms with Crippen molar-refractivity contribution in [1.29, 1.82) is 5.26 Å². The second kappa shape index (κ2) is 7.10. The van der Waals surface area contributed by atoms with E-state index in [0.717, 1.165) is 17.8 Å². The average Bonchev–Trinajstić information content (AvgIpc) is 2.92. The molecule has 0 amide bonds. The lowest BCUT2D eigenvalue weighted by atomic mass is 10.1. The first kappa shape index (κ1) is 16.1. The topological polar surface area (TPSA) is 63.9 Å². The third-order valence-corrected chi connectivity index (χ3v) is 6.15. The first-order valence-electron chi connectivity index (χ1n) is 6.29. The van der Waals surface area contributed by atoms with Crippen LogP contribution in [0.15, 0.2) is 34.5 Å². The van der Waals surface area contributed by atoms with Crippen molar-refractivity contribution in [3.8, 4) is 6.07 Å². The van der Waals surface area contributed by atoms with Crippen LogP contribution in [0.1, 0.15) is 34.1 Å². The lowest BCUT2D eigenvalue weighted by Crippen LogP contribution is -2.05. The summed E-state index contributed by atoms with van der Waals surface area (Å²) in [5.41, 5.74) is 0.821. The van der Waals surface area contributed by atoms with E-state index in [1.54, 1.807) is 24.3 Å². The van der Waals surface area contributed by atoms with Crippen LogP contribution < -0.4 is 0 Å². The van der Waals surface area contributed by atoms with Crippen LogP contribution in [0.25, 0.3) is 0 Å². The van der Waals surface area contributed by atoms with Gasteiger partial charge in [0.2, 0.25) is 9.99 Å². The molecule has 3 nitrogen and oxygen atoms in total. The zero-order valence-electron chi connectivity index (χ0n) is 11.3. The SMILES string of the molecule is CCC[S+]([O-])c1sc(C(=O)c2ccc(Cl)cc2)cc1C#N. The fourth-order valence-corrected chi connectivity index (χ4v) is 4.48. The number of nitriles is 1. The highest BCUT2D eigenvalue weighted by Gasteiger charge is 2.23. The third-order valence-electron chi connectivity index (χ3n) is 2.74. The summed E-state index contributed by atoms with van der Waals surface area (Å²) in [5, 5.41) is 9.69. The number of hydrogen-bond donors (Lipinski definition) is 0. The number of ketones is 1. The van der Waals surface area contributed by atoms with E-state index < -0.39 is 11.2 Å². The molecule has 0 radical (unpaired) electrons. The van der Waals surface area contributed by atoms with Crippen molar-refractivity contribution in [2.45, 2.75) is 17.6 Å². The zero-order chi connectivity index (χ0) is 15.4. The Morgan fingerprint density at radius 1 is 1.43 bits per heavy atom. The number of nitrogens with zero attached hydrogens (tertiary/aromatic N) is 1. The Morgan fingerprint density at radius 2 is 2.10 bits per heavy atom. The van der Waals surface area contributed by atoms with Crippen LogP contribution in [-0.2, 0) is 11.2 Å². The normalized spacial score (nSPS) is 11.9. The van der Waals surface area contributed by atoms with Gasteiger partial charge in [0.15, 0.2) is 0 Å². The monoisotopic (exact) mass is 337 g/mol. The van der Waals surface area contributed by atoms with Gasteiger partial charge >= 0.3 is 0 Å². The van der Waals surface area contributed by atoms with Crippen LogP contribution in [-0.4, -0.2) is 16.1 Å². The highest BCUT2D eigenvalue weighted by Crippen LogP contribution is 2.30. The van der Waals surface area contributed by atoms with Gasteiger partial charge in [0.25, 0.3) is 0 Å². The summed E-state index contributed by atoms with van der Waals surface area (Å²) in [7, 11) is 0. The highest BCUT2D eigenvalue weighted by atomic mass is 35.5. The summed E-state index contributed by atoms with van der Waals surface area (Å²) >= 11 is 5.70. The number of rotatable bonds is 5. The van der Waals surface area contributed by atoms with Crippen molar-refractivity contribution < 1.29 is 9.35 Å². The van der Waals surface area contributed by atoms with Gasteiger partial charge in [0.05, 0.1) is 4.88 Å². The van der Waals surface area contributed by atoms with Crippen LogP contribution in [0.3, 0.4) is 0 Å². The molecule has 1 heterocycles. The standard InChI is InChI=1S/C15H12ClNO2S2/c1-2-7-21(19)15-11(9-17)8-13(20-15)14(18)10-3-5-12(16)6-4-10/h3-6,8H,2,7H2,1H3. The molecule has 1 unspecified atom stereocenters. The summed E-state index contributed by atoms with van der Waals surface area (Å²) in [4.78, 5) is 12.8. The Bertz CT molecular complexity index is 689. The Kier molecular flexibility index (Phi) is 5.43. The number of thiophene rings is 1. The second-order valence-corrected chi connectivity index (χ2v) is 7.56. The molecular formula is C15H12ClNO2S2. The van der Waals surface area contributed by atoms with E-state index in [1.807, 2.05) is 13.0 Å². The van der Waals surface area contributed by atoms with Crippen LogP contribution in [0.5, 0.6) is 0 Å². The van der Waals surface area contributed by atoms with E-state index in [9.17, 15) is 9.35 Å². The zero-order valence-corrected chi connectivity index (χ0v) is 13.6. The highest BCUT2D eigenvalue weighted by molar-refractivity contribution is 7.93. The van der Waals surface area contributed by atoms with E-state index in [1.165, 1.54) is 6.07 Å². The fourth-order valence-electron chi connectivity index (χ4n) is 1.75. The van der Waals surface area contributed by atoms with E-state index in [-0.39, 0.29) is 5.78 Å². The van der Waals surface area contributed by atoms with Crippen LogP contribution in [0.2, 0.25) is 5.02 Å². The molecule has 0 spiro atoms. The molecule has 1 atom stereocenters. The average molecular weight is 338 g/mol.